The van der Waals surface area contributed by atoms with E-state index in [0.717, 1.165) is 16.6 Å². The second kappa shape index (κ2) is 4.93. The van der Waals surface area contributed by atoms with Crippen LogP contribution in [0.5, 0.6) is 0 Å². The van der Waals surface area contributed by atoms with E-state index < -0.39 is 0 Å². The molecular weight excluding hydrogens is 263 g/mol. The summed E-state index contributed by atoms with van der Waals surface area (Å²) in [5.41, 5.74) is 2.47. The van der Waals surface area contributed by atoms with Crippen LogP contribution in [0.1, 0.15) is 27.7 Å². The molecule has 0 radical (unpaired) electrons. The van der Waals surface area contributed by atoms with Gasteiger partial charge in [-0.05, 0) is 44.8 Å². The molecule has 0 bridgehead atoms. The van der Waals surface area contributed by atoms with E-state index in [1.807, 2.05) is 24.3 Å². The summed E-state index contributed by atoms with van der Waals surface area (Å²) in [5.74, 6) is 0. The lowest BCUT2D eigenvalue weighted by Crippen LogP contribution is -2.41. The SMILES string of the molecule is CC1(C)OB(c2cccc(-c3ccnnc3)c2)OC1(C)C. The minimum absolute atomic E-state index is 0.327. The van der Waals surface area contributed by atoms with E-state index in [1.54, 1.807) is 12.4 Å². The molecule has 0 N–H and O–H groups in total. The van der Waals surface area contributed by atoms with Crippen molar-refractivity contribution in [1.29, 1.82) is 0 Å². The van der Waals surface area contributed by atoms with Gasteiger partial charge in [0.25, 0.3) is 0 Å². The predicted octanol–water partition coefficient (Wildman–Crippen LogP) is 2.44. The van der Waals surface area contributed by atoms with Crippen molar-refractivity contribution in [3.05, 3.63) is 42.7 Å². The molecule has 0 unspecified atom stereocenters. The first-order chi connectivity index (χ1) is 9.89. The molecule has 1 saturated heterocycles. The number of aromatic nitrogens is 2. The van der Waals surface area contributed by atoms with Crippen LogP contribution >= 0.6 is 0 Å². The van der Waals surface area contributed by atoms with Crippen LogP contribution in [-0.4, -0.2) is 28.5 Å². The smallest absolute Gasteiger partial charge is 0.399 e. The average molecular weight is 282 g/mol. The first-order valence-electron chi connectivity index (χ1n) is 7.12. The van der Waals surface area contributed by atoms with Crippen LogP contribution in [0.25, 0.3) is 11.1 Å². The fourth-order valence-electron chi connectivity index (χ4n) is 2.31. The lowest BCUT2D eigenvalue weighted by molar-refractivity contribution is 0.00578. The maximum Gasteiger partial charge on any atom is 0.494 e. The molecule has 1 aromatic carbocycles. The topological polar surface area (TPSA) is 44.2 Å². The van der Waals surface area contributed by atoms with Gasteiger partial charge in [-0.25, -0.2) is 0 Å². The predicted molar refractivity (Wildman–Crippen MR) is 83.2 cm³/mol. The molecule has 1 aromatic heterocycles. The summed E-state index contributed by atoms with van der Waals surface area (Å²) in [7, 11) is -0.343. The van der Waals surface area contributed by atoms with E-state index >= 15 is 0 Å². The van der Waals surface area contributed by atoms with Crippen LogP contribution < -0.4 is 5.46 Å². The van der Waals surface area contributed by atoms with Gasteiger partial charge >= 0.3 is 7.12 Å². The van der Waals surface area contributed by atoms with Crippen molar-refractivity contribution in [2.24, 2.45) is 0 Å². The fourth-order valence-corrected chi connectivity index (χ4v) is 2.31. The molecule has 0 spiro atoms. The van der Waals surface area contributed by atoms with Crippen molar-refractivity contribution >= 4 is 12.6 Å². The van der Waals surface area contributed by atoms with E-state index in [4.69, 9.17) is 9.31 Å². The Morgan fingerprint density at radius 1 is 0.905 bits per heavy atom. The third-order valence-corrected chi connectivity index (χ3v) is 4.33. The molecule has 2 heterocycles. The highest BCUT2D eigenvalue weighted by Gasteiger charge is 2.51. The van der Waals surface area contributed by atoms with Crippen LogP contribution in [0.4, 0.5) is 0 Å². The monoisotopic (exact) mass is 282 g/mol. The Kier molecular flexibility index (Phi) is 3.34. The summed E-state index contributed by atoms with van der Waals surface area (Å²) in [6.07, 6.45) is 3.44. The van der Waals surface area contributed by atoms with Crippen LogP contribution in [0.2, 0.25) is 0 Å². The van der Waals surface area contributed by atoms with Crippen molar-refractivity contribution in [3.63, 3.8) is 0 Å². The quantitative estimate of drug-likeness (QED) is 0.794. The van der Waals surface area contributed by atoms with Gasteiger partial charge in [0.2, 0.25) is 0 Å². The number of benzene rings is 1. The fraction of sp³-hybridized carbons (Fsp3) is 0.375. The maximum atomic E-state index is 6.09. The standard InChI is InChI=1S/C16H19BN2O2/c1-15(2)16(3,4)21-17(20-15)14-7-5-6-12(10-14)13-8-9-18-19-11-13/h5-11H,1-4H3. The molecule has 2 aromatic rings. The molecule has 1 aliphatic rings. The second-order valence-corrected chi connectivity index (χ2v) is 6.34. The van der Waals surface area contributed by atoms with Crippen molar-refractivity contribution < 1.29 is 9.31 Å². The Morgan fingerprint density at radius 3 is 2.24 bits per heavy atom. The highest BCUT2D eigenvalue weighted by molar-refractivity contribution is 6.62. The molecule has 0 saturated carbocycles. The normalized spacial score (nSPS) is 19.7. The number of nitrogens with zero attached hydrogens (tertiary/aromatic N) is 2. The van der Waals surface area contributed by atoms with Crippen molar-refractivity contribution in [2.75, 3.05) is 0 Å². The third kappa shape index (κ3) is 2.59. The number of rotatable bonds is 2. The van der Waals surface area contributed by atoms with Gasteiger partial charge in [-0.1, -0.05) is 24.3 Å². The molecule has 1 fully saturated rings. The molecule has 0 atom stereocenters. The Bertz CT molecular complexity index is 628. The van der Waals surface area contributed by atoms with Gasteiger partial charge in [-0.3, -0.25) is 0 Å². The van der Waals surface area contributed by atoms with E-state index in [9.17, 15) is 0 Å². The molecule has 4 nitrogen and oxygen atoms in total. The molecule has 21 heavy (non-hydrogen) atoms. The Labute approximate surface area is 125 Å². The largest absolute Gasteiger partial charge is 0.494 e. The molecule has 108 valence electrons. The first-order valence-corrected chi connectivity index (χ1v) is 7.12. The lowest BCUT2D eigenvalue weighted by atomic mass is 9.78. The summed E-state index contributed by atoms with van der Waals surface area (Å²) in [6.45, 7) is 8.24. The van der Waals surface area contributed by atoms with E-state index in [0.29, 0.717) is 0 Å². The minimum Gasteiger partial charge on any atom is -0.399 e. The zero-order chi connectivity index (χ0) is 15.1. The summed E-state index contributed by atoms with van der Waals surface area (Å²) in [6, 6.07) is 10.1. The van der Waals surface area contributed by atoms with Gasteiger partial charge < -0.3 is 9.31 Å². The Balaban J connectivity index is 1.92. The van der Waals surface area contributed by atoms with Crippen LogP contribution in [-0.2, 0) is 9.31 Å². The van der Waals surface area contributed by atoms with Crippen LogP contribution in [0.3, 0.4) is 0 Å². The third-order valence-electron chi connectivity index (χ3n) is 4.33. The van der Waals surface area contributed by atoms with Crippen molar-refractivity contribution in [1.82, 2.24) is 10.2 Å². The highest BCUT2D eigenvalue weighted by atomic mass is 16.7. The van der Waals surface area contributed by atoms with Gasteiger partial charge in [-0.2, -0.15) is 10.2 Å². The van der Waals surface area contributed by atoms with Gasteiger partial charge in [-0.15, -0.1) is 0 Å². The van der Waals surface area contributed by atoms with Gasteiger partial charge in [0, 0.05) is 5.56 Å². The van der Waals surface area contributed by atoms with E-state index in [2.05, 4.69) is 44.0 Å². The molecule has 0 amide bonds. The van der Waals surface area contributed by atoms with E-state index in [1.165, 1.54) is 0 Å². The van der Waals surface area contributed by atoms with Crippen molar-refractivity contribution in [2.45, 2.75) is 38.9 Å². The molecule has 1 aliphatic heterocycles. The Morgan fingerprint density at radius 2 is 1.62 bits per heavy atom. The zero-order valence-corrected chi connectivity index (χ0v) is 12.8. The van der Waals surface area contributed by atoms with Crippen molar-refractivity contribution in [3.8, 4) is 11.1 Å². The van der Waals surface area contributed by atoms with Gasteiger partial charge in [0.1, 0.15) is 0 Å². The molecule has 3 rings (SSSR count). The summed E-state index contributed by atoms with van der Waals surface area (Å²) in [4.78, 5) is 0. The maximum absolute atomic E-state index is 6.09. The highest BCUT2D eigenvalue weighted by Crippen LogP contribution is 2.36. The molecular formula is C16H19BN2O2. The molecule has 5 heteroatoms. The van der Waals surface area contributed by atoms with Gasteiger partial charge in [0.05, 0.1) is 23.6 Å². The summed E-state index contributed by atoms with van der Waals surface area (Å²) >= 11 is 0. The van der Waals surface area contributed by atoms with Gasteiger partial charge in [0.15, 0.2) is 0 Å². The summed E-state index contributed by atoms with van der Waals surface area (Å²) < 4.78 is 12.2. The van der Waals surface area contributed by atoms with E-state index in [-0.39, 0.29) is 18.3 Å². The van der Waals surface area contributed by atoms with Crippen LogP contribution in [0, 0.1) is 0 Å². The first kappa shape index (κ1) is 14.2. The zero-order valence-electron chi connectivity index (χ0n) is 12.8. The van der Waals surface area contributed by atoms with Crippen LogP contribution in [0.15, 0.2) is 42.7 Å². The number of hydrogen-bond donors (Lipinski definition) is 0. The minimum atomic E-state index is -0.343. The Hall–Kier alpha value is -1.72. The summed E-state index contributed by atoms with van der Waals surface area (Å²) in [5, 5.41) is 7.73. The molecule has 0 aliphatic carbocycles. The number of hydrogen-bond acceptors (Lipinski definition) is 4. The second-order valence-electron chi connectivity index (χ2n) is 6.34. The lowest BCUT2D eigenvalue weighted by Gasteiger charge is -2.32. The average Bonchev–Trinajstić information content (AvgIpc) is 2.69.